The van der Waals surface area contributed by atoms with Gasteiger partial charge in [-0.25, -0.2) is 0 Å². The summed E-state index contributed by atoms with van der Waals surface area (Å²) in [5, 5.41) is 77.6. The molecule has 5 aliphatic heterocycles. The average molecular weight is 897 g/mol. The molecule has 3 saturated carbocycles. The highest BCUT2D eigenvalue weighted by atomic mass is 16.8. The molecule has 5 saturated heterocycles. The molecule has 9 aliphatic rings. The Morgan fingerprint density at radius 3 is 2.14 bits per heavy atom. The highest BCUT2D eigenvalue weighted by Gasteiger charge is 2.69. The third kappa shape index (κ3) is 7.78. The molecule has 0 aromatic rings. The maximum Gasteiger partial charge on any atom is 0.303 e. The SMILES string of the molecule is CC(=O)OC1C(O)COC(OC2C(O)C(C)OC(OC3CC4=CCC5C6CC7OC8(CCC(C)CO8)C(C)C7C6(C)CCC5C4(C)C(O)C3)C2O)C1OC1OC(C)C(O)C(O)C1O. The lowest BCUT2D eigenvalue weighted by Crippen LogP contribution is -2.65. The molecule has 0 amide bonds. The molecule has 0 aromatic heterocycles. The highest BCUT2D eigenvalue weighted by Crippen LogP contribution is 2.70. The van der Waals surface area contributed by atoms with Gasteiger partial charge in [0.05, 0.1) is 43.7 Å². The van der Waals surface area contributed by atoms with Crippen molar-refractivity contribution < 1.29 is 83.2 Å². The number of carbonyl (C=O) groups is 1. The van der Waals surface area contributed by atoms with Crippen molar-refractivity contribution in [2.45, 2.75) is 210 Å². The molecular weight excluding hydrogens is 824 g/mol. The summed E-state index contributed by atoms with van der Waals surface area (Å²) in [5.74, 6) is 1.28. The van der Waals surface area contributed by atoms with E-state index in [1.54, 1.807) is 6.92 Å². The van der Waals surface area contributed by atoms with E-state index in [0.29, 0.717) is 48.3 Å². The van der Waals surface area contributed by atoms with Crippen molar-refractivity contribution in [3.8, 4) is 0 Å². The first-order valence-electron chi connectivity index (χ1n) is 23.6. The minimum Gasteiger partial charge on any atom is -0.457 e. The second-order valence-corrected chi connectivity index (χ2v) is 21.3. The van der Waals surface area contributed by atoms with Crippen LogP contribution < -0.4 is 0 Å². The summed E-state index contributed by atoms with van der Waals surface area (Å²) in [6.45, 7) is 13.9. The Labute approximate surface area is 369 Å². The first-order valence-corrected chi connectivity index (χ1v) is 23.6. The van der Waals surface area contributed by atoms with E-state index in [1.807, 2.05) is 0 Å². The van der Waals surface area contributed by atoms with E-state index in [4.69, 9.17) is 42.6 Å². The number of fused-ring (bicyclic) bond motifs is 7. The van der Waals surface area contributed by atoms with E-state index < -0.39 is 122 Å². The van der Waals surface area contributed by atoms with E-state index >= 15 is 0 Å². The molecule has 5 heterocycles. The summed E-state index contributed by atoms with van der Waals surface area (Å²) in [6, 6.07) is 0. The first kappa shape index (κ1) is 46.7. The van der Waals surface area contributed by atoms with Gasteiger partial charge in [0.15, 0.2) is 36.9 Å². The van der Waals surface area contributed by atoms with Gasteiger partial charge in [-0.3, -0.25) is 4.79 Å². The number of aliphatic hydroxyl groups excluding tert-OH is 7. The molecule has 0 bridgehead atoms. The largest absolute Gasteiger partial charge is 0.457 e. The van der Waals surface area contributed by atoms with Crippen molar-refractivity contribution in [1.82, 2.24) is 0 Å². The van der Waals surface area contributed by atoms with Crippen LogP contribution in [-0.2, 0) is 47.4 Å². The van der Waals surface area contributed by atoms with Gasteiger partial charge < -0.3 is 78.4 Å². The Morgan fingerprint density at radius 2 is 1.44 bits per heavy atom. The van der Waals surface area contributed by atoms with Crippen LogP contribution in [0.4, 0.5) is 0 Å². The van der Waals surface area contributed by atoms with Gasteiger partial charge >= 0.3 is 5.97 Å². The number of allylic oxidation sites excluding steroid dienone is 1. The van der Waals surface area contributed by atoms with Gasteiger partial charge in [-0.05, 0) is 87.4 Å². The van der Waals surface area contributed by atoms with Gasteiger partial charge in [0.25, 0.3) is 0 Å². The number of ether oxygens (including phenoxy) is 9. The molecule has 4 aliphatic carbocycles. The fourth-order valence-corrected chi connectivity index (χ4v) is 14.1. The maximum absolute atomic E-state index is 12.2. The number of hydrogen-bond acceptors (Lipinski definition) is 17. The quantitative estimate of drug-likeness (QED) is 0.141. The summed E-state index contributed by atoms with van der Waals surface area (Å²) in [4.78, 5) is 12.2. The van der Waals surface area contributed by atoms with E-state index in [0.717, 1.165) is 57.6 Å². The molecule has 1 spiro atoms. The summed E-state index contributed by atoms with van der Waals surface area (Å²) >= 11 is 0. The second kappa shape index (κ2) is 17.3. The fraction of sp³-hybridized carbons (Fsp3) is 0.935. The van der Waals surface area contributed by atoms with Crippen LogP contribution in [-0.4, -0.2) is 165 Å². The number of carbonyl (C=O) groups excluding carboxylic acids is 1. The molecule has 63 heavy (non-hydrogen) atoms. The maximum atomic E-state index is 12.2. The molecular formula is C46H72O17. The van der Waals surface area contributed by atoms with Crippen LogP contribution in [0.1, 0.15) is 99.8 Å². The molecule has 0 radical (unpaired) electrons. The van der Waals surface area contributed by atoms with Crippen LogP contribution in [0.15, 0.2) is 11.6 Å². The number of esters is 1. The Balaban J connectivity index is 0.884. The minimum absolute atomic E-state index is 0.133. The van der Waals surface area contributed by atoms with Crippen LogP contribution in [0.3, 0.4) is 0 Å². The number of hydrogen-bond donors (Lipinski definition) is 7. The van der Waals surface area contributed by atoms with Crippen LogP contribution in [0, 0.1) is 46.3 Å². The van der Waals surface area contributed by atoms with Gasteiger partial charge in [0.1, 0.15) is 42.7 Å². The predicted molar refractivity (Wildman–Crippen MR) is 218 cm³/mol. The summed E-state index contributed by atoms with van der Waals surface area (Å²) in [5.41, 5.74) is 0.837. The van der Waals surface area contributed by atoms with Gasteiger partial charge in [-0.2, -0.15) is 0 Å². The Kier molecular flexibility index (Phi) is 12.8. The van der Waals surface area contributed by atoms with Crippen LogP contribution in [0.2, 0.25) is 0 Å². The van der Waals surface area contributed by atoms with Crippen LogP contribution >= 0.6 is 0 Å². The summed E-state index contributed by atoms with van der Waals surface area (Å²) in [7, 11) is 0. The predicted octanol–water partition coefficient (Wildman–Crippen LogP) is 1.42. The molecule has 0 aromatic carbocycles. The zero-order valence-corrected chi connectivity index (χ0v) is 37.6. The monoisotopic (exact) mass is 896 g/mol. The minimum atomic E-state index is -1.75. The lowest BCUT2D eigenvalue weighted by atomic mass is 9.46. The van der Waals surface area contributed by atoms with E-state index in [1.165, 1.54) is 6.92 Å². The molecule has 17 nitrogen and oxygen atoms in total. The second-order valence-electron chi connectivity index (χ2n) is 21.3. The van der Waals surface area contributed by atoms with Crippen molar-refractivity contribution >= 4 is 5.97 Å². The van der Waals surface area contributed by atoms with E-state index in [-0.39, 0.29) is 11.5 Å². The Bertz CT molecular complexity index is 1690. The smallest absolute Gasteiger partial charge is 0.303 e. The number of rotatable bonds is 7. The van der Waals surface area contributed by atoms with Gasteiger partial charge in [0.2, 0.25) is 0 Å². The topological polar surface area (TPSA) is 242 Å². The number of aliphatic hydroxyl groups is 7. The molecule has 358 valence electrons. The van der Waals surface area contributed by atoms with Crippen molar-refractivity contribution in [2.24, 2.45) is 46.3 Å². The van der Waals surface area contributed by atoms with Gasteiger partial charge in [-0.15, -0.1) is 0 Å². The molecule has 26 atom stereocenters. The lowest BCUT2D eigenvalue weighted by Gasteiger charge is -2.60. The molecule has 7 N–H and O–H groups in total. The standard InChI is InChI=1S/C46H72O17/c1-19-10-13-46(56-17-19)20(2)32-30(63-46)16-28-26-9-8-24-14-25(15-31(49)45(24,7)27(26)11-12-44(28,32)6)60-42-37(54)39(34(51)22(4)58-42)61-43-40(38(59-23(5)47)29(48)18-55-43)62-41-36(53)35(52)33(50)21(3)57-41/h8,19-22,25-43,48-54H,9-18H2,1-7H3. The Hall–Kier alpha value is -1.39. The third-order valence-electron chi connectivity index (χ3n) is 17.6. The lowest BCUT2D eigenvalue weighted by molar-refractivity contribution is -0.378. The fourth-order valence-electron chi connectivity index (χ4n) is 14.1. The van der Waals surface area contributed by atoms with Gasteiger partial charge in [-0.1, -0.05) is 39.3 Å². The zero-order valence-electron chi connectivity index (χ0n) is 37.6. The molecule has 17 heteroatoms. The summed E-state index contributed by atoms with van der Waals surface area (Å²) < 4.78 is 55.1. The molecule has 26 unspecified atom stereocenters. The van der Waals surface area contributed by atoms with Crippen molar-refractivity contribution in [2.75, 3.05) is 13.2 Å². The molecule has 8 fully saturated rings. The van der Waals surface area contributed by atoms with E-state index in [2.05, 4.69) is 33.8 Å². The normalized spacial score (nSPS) is 56.8. The highest BCUT2D eigenvalue weighted by molar-refractivity contribution is 5.66. The average Bonchev–Trinajstić information content (AvgIpc) is 3.68. The first-order chi connectivity index (χ1) is 29.8. The van der Waals surface area contributed by atoms with E-state index in [9.17, 15) is 40.5 Å². The third-order valence-corrected chi connectivity index (χ3v) is 17.6. The Morgan fingerprint density at radius 1 is 0.746 bits per heavy atom. The van der Waals surface area contributed by atoms with Crippen molar-refractivity contribution in [3.63, 3.8) is 0 Å². The van der Waals surface area contributed by atoms with Crippen molar-refractivity contribution in [1.29, 1.82) is 0 Å². The summed E-state index contributed by atoms with van der Waals surface area (Å²) in [6.07, 6.45) is -11.7. The zero-order chi connectivity index (χ0) is 45.1. The van der Waals surface area contributed by atoms with Crippen LogP contribution in [0.25, 0.3) is 0 Å². The van der Waals surface area contributed by atoms with Crippen LogP contribution in [0.5, 0.6) is 0 Å². The van der Waals surface area contributed by atoms with Gasteiger partial charge in [0, 0.05) is 31.1 Å². The van der Waals surface area contributed by atoms with Crippen molar-refractivity contribution in [3.05, 3.63) is 11.6 Å². The molecule has 9 rings (SSSR count).